The smallest absolute Gasteiger partial charge is 0.261 e. The van der Waals surface area contributed by atoms with Gasteiger partial charge >= 0.3 is 0 Å². The Labute approximate surface area is 122 Å². The SMILES string of the molecule is CCC(CO)NC(=O)c1sc(NC(=O)C2CC2)cc1C. The van der Waals surface area contributed by atoms with Crippen LogP contribution < -0.4 is 10.6 Å². The van der Waals surface area contributed by atoms with Gasteiger partial charge in [-0.2, -0.15) is 0 Å². The minimum atomic E-state index is -0.228. The van der Waals surface area contributed by atoms with E-state index in [4.69, 9.17) is 5.11 Å². The van der Waals surface area contributed by atoms with Gasteiger partial charge in [0.05, 0.1) is 22.5 Å². The fourth-order valence-electron chi connectivity index (χ4n) is 1.87. The number of hydrogen-bond donors (Lipinski definition) is 3. The standard InChI is InChI=1S/C14H20N2O3S/c1-3-10(7-17)15-14(19)12-8(2)6-11(20-12)16-13(18)9-4-5-9/h6,9-10,17H,3-5,7H2,1-2H3,(H,15,19)(H,16,18). The van der Waals surface area contributed by atoms with Crippen molar-refractivity contribution in [1.82, 2.24) is 5.32 Å². The fourth-order valence-corrected chi connectivity index (χ4v) is 2.84. The number of rotatable bonds is 6. The van der Waals surface area contributed by atoms with Gasteiger partial charge < -0.3 is 15.7 Å². The summed E-state index contributed by atoms with van der Waals surface area (Å²) in [6.45, 7) is 3.68. The Morgan fingerprint density at radius 3 is 2.75 bits per heavy atom. The van der Waals surface area contributed by atoms with E-state index in [2.05, 4.69) is 10.6 Å². The van der Waals surface area contributed by atoms with Gasteiger partial charge in [-0.1, -0.05) is 6.92 Å². The van der Waals surface area contributed by atoms with Gasteiger partial charge in [0, 0.05) is 5.92 Å². The van der Waals surface area contributed by atoms with Crippen LogP contribution in [-0.2, 0) is 4.79 Å². The molecule has 0 saturated heterocycles. The van der Waals surface area contributed by atoms with Crippen LogP contribution in [0.25, 0.3) is 0 Å². The molecule has 0 spiro atoms. The maximum absolute atomic E-state index is 12.1. The summed E-state index contributed by atoms with van der Waals surface area (Å²) >= 11 is 1.28. The second-order valence-electron chi connectivity index (χ2n) is 5.15. The van der Waals surface area contributed by atoms with Crippen molar-refractivity contribution >= 4 is 28.2 Å². The van der Waals surface area contributed by atoms with Crippen LogP contribution in [-0.4, -0.2) is 29.6 Å². The van der Waals surface area contributed by atoms with Crippen molar-refractivity contribution in [1.29, 1.82) is 0 Å². The summed E-state index contributed by atoms with van der Waals surface area (Å²) in [6, 6.07) is 1.59. The van der Waals surface area contributed by atoms with Gasteiger partial charge in [0.2, 0.25) is 5.91 Å². The monoisotopic (exact) mass is 296 g/mol. The molecular formula is C14H20N2O3S. The van der Waals surface area contributed by atoms with Crippen molar-refractivity contribution in [3.05, 3.63) is 16.5 Å². The average Bonchev–Trinajstić information content (AvgIpc) is 3.20. The van der Waals surface area contributed by atoms with Crippen LogP contribution in [0.3, 0.4) is 0 Å². The van der Waals surface area contributed by atoms with E-state index < -0.39 is 0 Å². The van der Waals surface area contributed by atoms with E-state index in [0.717, 1.165) is 18.4 Å². The van der Waals surface area contributed by atoms with Crippen molar-refractivity contribution in [3.8, 4) is 0 Å². The van der Waals surface area contributed by atoms with Gasteiger partial charge in [-0.3, -0.25) is 9.59 Å². The van der Waals surface area contributed by atoms with Crippen LogP contribution in [0.5, 0.6) is 0 Å². The molecule has 1 aromatic rings. The lowest BCUT2D eigenvalue weighted by Crippen LogP contribution is -2.36. The molecule has 1 heterocycles. The molecule has 1 unspecified atom stereocenters. The number of amides is 2. The van der Waals surface area contributed by atoms with Crippen molar-refractivity contribution in [3.63, 3.8) is 0 Å². The minimum absolute atomic E-state index is 0.0417. The third-order valence-electron chi connectivity index (χ3n) is 3.37. The van der Waals surface area contributed by atoms with Crippen LogP contribution in [0, 0.1) is 12.8 Å². The first-order valence-corrected chi connectivity index (χ1v) is 7.69. The molecule has 2 amide bonds. The molecule has 110 valence electrons. The number of carbonyl (C=O) groups is 2. The van der Waals surface area contributed by atoms with Crippen LogP contribution in [0.1, 0.15) is 41.4 Å². The molecule has 0 bridgehead atoms. The highest BCUT2D eigenvalue weighted by Gasteiger charge is 2.30. The molecule has 1 aromatic heterocycles. The largest absolute Gasteiger partial charge is 0.394 e. The van der Waals surface area contributed by atoms with Gasteiger partial charge in [-0.05, 0) is 37.8 Å². The number of thiophene rings is 1. The van der Waals surface area contributed by atoms with Gasteiger partial charge in [-0.15, -0.1) is 11.3 Å². The fraction of sp³-hybridized carbons (Fsp3) is 0.571. The summed E-state index contributed by atoms with van der Waals surface area (Å²) in [5, 5.41) is 15.5. The molecule has 0 radical (unpaired) electrons. The number of anilines is 1. The van der Waals surface area contributed by atoms with Crippen molar-refractivity contribution in [2.45, 2.75) is 39.2 Å². The summed E-state index contributed by atoms with van der Waals surface area (Å²) < 4.78 is 0. The summed E-state index contributed by atoms with van der Waals surface area (Å²) in [5.41, 5.74) is 0.839. The van der Waals surface area contributed by atoms with Crippen LogP contribution in [0.15, 0.2) is 6.07 Å². The third-order valence-corrected chi connectivity index (χ3v) is 4.52. The molecule has 0 aliphatic heterocycles. The van der Waals surface area contributed by atoms with Crippen LogP contribution in [0.4, 0.5) is 5.00 Å². The highest BCUT2D eigenvalue weighted by molar-refractivity contribution is 7.18. The van der Waals surface area contributed by atoms with E-state index in [1.807, 2.05) is 19.9 Å². The summed E-state index contributed by atoms with van der Waals surface area (Å²) in [4.78, 5) is 24.4. The van der Waals surface area contributed by atoms with Gasteiger partial charge in [0.1, 0.15) is 0 Å². The van der Waals surface area contributed by atoms with E-state index in [1.165, 1.54) is 11.3 Å². The second kappa shape index (κ2) is 6.37. The van der Waals surface area contributed by atoms with Crippen LogP contribution >= 0.6 is 11.3 Å². The molecule has 0 aromatic carbocycles. The Hall–Kier alpha value is -1.40. The minimum Gasteiger partial charge on any atom is -0.394 e. The van der Waals surface area contributed by atoms with Crippen molar-refractivity contribution < 1.29 is 14.7 Å². The first kappa shape index (κ1) is 15.0. The van der Waals surface area contributed by atoms with Crippen LogP contribution in [0.2, 0.25) is 0 Å². The molecule has 1 fully saturated rings. The number of aliphatic hydroxyl groups is 1. The first-order valence-electron chi connectivity index (χ1n) is 6.88. The first-order chi connectivity index (χ1) is 9.55. The zero-order valence-corrected chi connectivity index (χ0v) is 12.5. The molecule has 5 nitrogen and oxygen atoms in total. The van der Waals surface area contributed by atoms with Gasteiger partial charge in [0.25, 0.3) is 5.91 Å². The number of nitrogens with one attached hydrogen (secondary N) is 2. The number of carbonyl (C=O) groups excluding carboxylic acids is 2. The zero-order valence-electron chi connectivity index (χ0n) is 11.7. The highest BCUT2D eigenvalue weighted by atomic mass is 32.1. The van der Waals surface area contributed by atoms with Gasteiger partial charge in [-0.25, -0.2) is 0 Å². The van der Waals surface area contributed by atoms with E-state index in [0.29, 0.717) is 16.3 Å². The Bertz CT molecular complexity index is 505. The van der Waals surface area contributed by atoms with Crippen molar-refractivity contribution in [2.75, 3.05) is 11.9 Å². The summed E-state index contributed by atoms with van der Waals surface area (Å²) in [6.07, 6.45) is 2.59. The molecule has 6 heteroatoms. The average molecular weight is 296 g/mol. The van der Waals surface area contributed by atoms with E-state index in [1.54, 1.807) is 0 Å². The predicted octanol–water partition coefficient (Wildman–Crippen LogP) is 1.91. The predicted molar refractivity (Wildman–Crippen MR) is 79.0 cm³/mol. The number of aliphatic hydroxyl groups excluding tert-OH is 1. The maximum Gasteiger partial charge on any atom is 0.261 e. The lowest BCUT2D eigenvalue weighted by atomic mass is 10.2. The molecule has 3 N–H and O–H groups in total. The molecule has 1 aliphatic rings. The zero-order chi connectivity index (χ0) is 14.7. The Balaban J connectivity index is 2.02. The number of aryl methyl sites for hydroxylation is 1. The van der Waals surface area contributed by atoms with E-state index >= 15 is 0 Å². The van der Waals surface area contributed by atoms with E-state index in [9.17, 15) is 9.59 Å². The normalized spacial score (nSPS) is 15.8. The maximum atomic E-state index is 12.1. The Morgan fingerprint density at radius 1 is 1.50 bits per heavy atom. The third kappa shape index (κ3) is 3.58. The van der Waals surface area contributed by atoms with E-state index in [-0.39, 0.29) is 30.4 Å². The van der Waals surface area contributed by atoms with Gasteiger partial charge in [0.15, 0.2) is 0 Å². The lowest BCUT2D eigenvalue weighted by Gasteiger charge is -2.13. The molecule has 1 aliphatic carbocycles. The molecule has 2 rings (SSSR count). The van der Waals surface area contributed by atoms with Crippen molar-refractivity contribution in [2.24, 2.45) is 5.92 Å². The summed E-state index contributed by atoms with van der Waals surface area (Å²) in [5.74, 6) is -0.00568. The molecule has 1 saturated carbocycles. The topological polar surface area (TPSA) is 78.4 Å². The molecule has 20 heavy (non-hydrogen) atoms. The molecule has 1 atom stereocenters. The Morgan fingerprint density at radius 2 is 2.20 bits per heavy atom. The Kier molecular flexibility index (Phi) is 4.77. The lowest BCUT2D eigenvalue weighted by molar-refractivity contribution is -0.117. The summed E-state index contributed by atoms with van der Waals surface area (Å²) in [7, 11) is 0. The molecular weight excluding hydrogens is 276 g/mol. The second-order valence-corrected chi connectivity index (χ2v) is 6.20. The number of hydrogen-bond acceptors (Lipinski definition) is 4. The quantitative estimate of drug-likeness (QED) is 0.750. The highest BCUT2D eigenvalue weighted by Crippen LogP contribution is 2.32.